The summed E-state index contributed by atoms with van der Waals surface area (Å²) in [5.74, 6) is -7.62. The van der Waals surface area contributed by atoms with Gasteiger partial charge in [0.25, 0.3) is 0 Å². The Bertz CT molecular complexity index is 617. The van der Waals surface area contributed by atoms with Crippen LogP contribution >= 0.6 is 0 Å². The van der Waals surface area contributed by atoms with Gasteiger partial charge < -0.3 is 26.4 Å². The van der Waals surface area contributed by atoms with Crippen LogP contribution < -0.4 is 11.1 Å². The van der Waals surface area contributed by atoms with Crippen molar-refractivity contribution in [2.75, 3.05) is 12.4 Å². The number of carboxylic acid groups (broad SMARTS) is 2. The topological polar surface area (TPSA) is 184 Å². The number of carbonyl (C=O) groups excluding carboxylic acids is 1. The van der Waals surface area contributed by atoms with E-state index in [9.17, 15) is 27.9 Å². The van der Waals surface area contributed by atoms with E-state index < -0.39 is 68.7 Å². The number of aliphatic hydroxyl groups excluding tert-OH is 1. The zero-order valence-corrected chi connectivity index (χ0v) is 11.4. The average Bonchev–Trinajstić information content (AvgIpc) is 3.08. The van der Waals surface area contributed by atoms with Crippen molar-refractivity contribution in [2.45, 2.75) is 16.8 Å². The first-order chi connectivity index (χ1) is 9.58. The summed E-state index contributed by atoms with van der Waals surface area (Å²) in [6, 6.07) is -1.43. The van der Waals surface area contributed by atoms with Crippen LogP contribution in [0.5, 0.6) is 0 Å². The van der Waals surface area contributed by atoms with Crippen LogP contribution in [0.15, 0.2) is 0 Å². The Hall–Kier alpha value is -1.72. The number of rotatable bonds is 5. The fourth-order valence-electron chi connectivity index (χ4n) is 2.89. The lowest BCUT2D eigenvalue weighted by Crippen LogP contribution is -2.62. The second-order valence-electron chi connectivity index (χ2n) is 5.22. The standard InChI is InChI=1S/C10H14N2O8S/c11-3(1-13)7(14)12-10(9(17)18)2-21(19,20)6-4(5(6)10)8(15)16/h3-6,13H,1-2,11H2,(H,12,14)(H,15,16)(H,17,18)/t3-,4+,5+,6-,10-/m0/s1. The smallest absolute Gasteiger partial charge is 0.330 e. The van der Waals surface area contributed by atoms with Gasteiger partial charge in [0.05, 0.1) is 23.5 Å². The molecule has 0 aromatic rings. The molecule has 0 spiro atoms. The van der Waals surface area contributed by atoms with Crippen molar-refractivity contribution in [2.24, 2.45) is 17.6 Å². The molecule has 118 valence electrons. The summed E-state index contributed by atoms with van der Waals surface area (Å²) in [6.45, 7) is -0.759. The van der Waals surface area contributed by atoms with E-state index in [1.54, 1.807) is 0 Å². The van der Waals surface area contributed by atoms with Crippen molar-refractivity contribution in [1.29, 1.82) is 0 Å². The van der Waals surface area contributed by atoms with Crippen molar-refractivity contribution in [3.8, 4) is 0 Å². The highest BCUT2D eigenvalue weighted by atomic mass is 32.2. The predicted octanol–water partition coefficient (Wildman–Crippen LogP) is -3.63. The van der Waals surface area contributed by atoms with Crippen LogP contribution in [0.25, 0.3) is 0 Å². The number of carbonyl (C=O) groups is 3. The molecule has 2 aliphatic rings. The third-order valence-electron chi connectivity index (χ3n) is 3.91. The van der Waals surface area contributed by atoms with Gasteiger partial charge in [0.1, 0.15) is 6.04 Å². The van der Waals surface area contributed by atoms with Gasteiger partial charge >= 0.3 is 11.9 Å². The zero-order valence-electron chi connectivity index (χ0n) is 10.6. The maximum absolute atomic E-state index is 11.9. The lowest BCUT2D eigenvalue weighted by Gasteiger charge is -2.28. The van der Waals surface area contributed by atoms with Crippen LogP contribution in [0.3, 0.4) is 0 Å². The van der Waals surface area contributed by atoms with E-state index in [1.165, 1.54) is 0 Å². The van der Waals surface area contributed by atoms with Crippen LogP contribution in [0.1, 0.15) is 0 Å². The Balaban J connectivity index is 2.39. The average molecular weight is 322 g/mol. The van der Waals surface area contributed by atoms with E-state index in [0.29, 0.717) is 0 Å². The van der Waals surface area contributed by atoms with Crippen LogP contribution in [-0.2, 0) is 24.2 Å². The maximum Gasteiger partial charge on any atom is 0.330 e. The first-order valence-corrected chi connectivity index (χ1v) is 7.66. The van der Waals surface area contributed by atoms with Gasteiger partial charge in [0, 0.05) is 5.92 Å². The largest absolute Gasteiger partial charge is 0.481 e. The highest BCUT2D eigenvalue weighted by Crippen LogP contribution is 2.57. The van der Waals surface area contributed by atoms with E-state index in [-0.39, 0.29) is 0 Å². The van der Waals surface area contributed by atoms with Crippen LogP contribution in [-0.4, -0.2) is 70.8 Å². The minimum absolute atomic E-state index is 0.759. The summed E-state index contributed by atoms with van der Waals surface area (Å²) in [7, 11) is -3.96. The number of carboxylic acids is 2. The Morgan fingerprint density at radius 2 is 1.90 bits per heavy atom. The van der Waals surface area contributed by atoms with Crippen molar-refractivity contribution < 1.29 is 38.1 Å². The van der Waals surface area contributed by atoms with Crippen LogP contribution in [0, 0.1) is 11.8 Å². The summed E-state index contributed by atoms with van der Waals surface area (Å²) < 4.78 is 23.8. The number of nitrogens with one attached hydrogen (secondary N) is 1. The number of fused-ring (bicyclic) bond motifs is 1. The molecule has 0 aromatic carbocycles. The predicted molar refractivity (Wildman–Crippen MR) is 65.8 cm³/mol. The molecular weight excluding hydrogens is 308 g/mol. The molecule has 2 fully saturated rings. The van der Waals surface area contributed by atoms with E-state index in [0.717, 1.165) is 0 Å². The monoisotopic (exact) mass is 322 g/mol. The highest BCUT2D eigenvalue weighted by molar-refractivity contribution is 7.92. The van der Waals surface area contributed by atoms with Gasteiger partial charge in [0.2, 0.25) is 5.91 Å². The molecule has 0 radical (unpaired) electrons. The fourth-order valence-corrected chi connectivity index (χ4v) is 5.60. The first-order valence-electron chi connectivity index (χ1n) is 5.94. The van der Waals surface area contributed by atoms with E-state index in [1.807, 2.05) is 5.32 Å². The van der Waals surface area contributed by atoms with Gasteiger partial charge in [-0.05, 0) is 0 Å². The van der Waals surface area contributed by atoms with Crippen molar-refractivity contribution in [3.05, 3.63) is 0 Å². The van der Waals surface area contributed by atoms with Gasteiger partial charge in [-0.1, -0.05) is 0 Å². The molecule has 0 aromatic heterocycles. The molecule has 1 aliphatic carbocycles. The number of aliphatic hydroxyl groups is 1. The number of hydrogen-bond acceptors (Lipinski definition) is 7. The molecular formula is C10H14N2O8S. The molecule has 5 atom stereocenters. The van der Waals surface area contributed by atoms with Crippen molar-refractivity contribution >= 4 is 27.7 Å². The zero-order chi connectivity index (χ0) is 16.2. The summed E-state index contributed by atoms with van der Waals surface area (Å²) in [4.78, 5) is 34.2. The van der Waals surface area contributed by atoms with Gasteiger partial charge in [0.15, 0.2) is 15.4 Å². The number of nitrogens with two attached hydrogens (primary N) is 1. The summed E-state index contributed by atoms with van der Waals surface area (Å²) in [6.07, 6.45) is 0. The van der Waals surface area contributed by atoms with Gasteiger partial charge in [-0.15, -0.1) is 0 Å². The van der Waals surface area contributed by atoms with E-state index in [2.05, 4.69) is 0 Å². The third kappa shape index (κ3) is 2.17. The summed E-state index contributed by atoms with van der Waals surface area (Å²) in [5, 5.41) is 27.7. The second-order valence-corrected chi connectivity index (χ2v) is 7.38. The minimum atomic E-state index is -3.96. The normalized spacial score (nSPS) is 37.3. The second kappa shape index (κ2) is 4.64. The lowest BCUT2D eigenvalue weighted by molar-refractivity contribution is -0.148. The van der Waals surface area contributed by atoms with Crippen LogP contribution in [0.4, 0.5) is 0 Å². The Morgan fingerprint density at radius 1 is 1.33 bits per heavy atom. The third-order valence-corrected chi connectivity index (χ3v) is 6.19. The van der Waals surface area contributed by atoms with E-state index in [4.69, 9.17) is 15.9 Å². The van der Waals surface area contributed by atoms with Crippen LogP contribution in [0.2, 0.25) is 0 Å². The molecule has 21 heavy (non-hydrogen) atoms. The molecule has 0 unspecified atom stereocenters. The molecule has 1 saturated carbocycles. The quantitative estimate of drug-likeness (QED) is 0.340. The fraction of sp³-hybridized carbons (Fsp3) is 0.700. The van der Waals surface area contributed by atoms with E-state index >= 15 is 0 Å². The molecule has 6 N–H and O–H groups in total. The Kier molecular flexibility index (Phi) is 3.46. The number of amides is 1. The molecule has 11 heteroatoms. The molecule has 10 nitrogen and oxygen atoms in total. The van der Waals surface area contributed by atoms with Gasteiger partial charge in [-0.25, -0.2) is 13.2 Å². The van der Waals surface area contributed by atoms with Crippen molar-refractivity contribution in [1.82, 2.24) is 5.32 Å². The number of aliphatic carboxylic acids is 2. The molecule has 0 bridgehead atoms. The SMILES string of the molecule is N[C@@H](CO)C(=O)N[C@@]1(C(=O)O)CS(=O)(=O)[C@H]2[C@H](C(=O)O)[C@H]21. The highest BCUT2D eigenvalue weighted by Gasteiger charge is 2.79. The molecule has 1 heterocycles. The molecule has 1 saturated heterocycles. The molecule has 2 rings (SSSR count). The maximum atomic E-state index is 11.9. The molecule has 1 aliphatic heterocycles. The number of sulfone groups is 1. The first kappa shape index (κ1) is 15.7. The Morgan fingerprint density at radius 3 is 2.29 bits per heavy atom. The molecule has 1 amide bonds. The van der Waals surface area contributed by atoms with Crippen molar-refractivity contribution in [3.63, 3.8) is 0 Å². The Labute approximate surface area is 118 Å². The van der Waals surface area contributed by atoms with Gasteiger partial charge in [-0.3, -0.25) is 9.59 Å². The number of hydrogen-bond donors (Lipinski definition) is 5. The summed E-state index contributed by atoms with van der Waals surface area (Å²) >= 11 is 0. The summed E-state index contributed by atoms with van der Waals surface area (Å²) in [5.41, 5.74) is 3.03. The lowest BCUT2D eigenvalue weighted by atomic mass is 9.93. The van der Waals surface area contributed by atoms with Gasteiger partial charge in [-0.2, -0.15) is 0 Å². The minimum Gasteiger partial charge on any atom is -0.481 e.